The van der Waals surface area contributed by atoms with Crippen LogP contribution in [0.4, 0.5) is 0 Å². The maximum absolute atomic E-state index is 13.4. The largest absolute Gasteiger partial charge is 0.288 e. The van der Waals surface area contributed by atoms with Crippen LogP contribution in [0.2, 0.25) is 0 Å². The monoisotopic (exact) mass is 670 g/mol. The van der Waals surface area contributed by atoms with Crippen molar-refractivity contribution < 1.29 is 19.2 Å². The lowest BCUT2D eigenvalue weighted by molar-refractivity contribution is 0.0974. The van der Waals surface area contributed by atoms with Crippen LogP contribution in [0.5, 0.6) is 0 Å². The minimum absolute atomic E-state index is 0.166. The molecule has 4 nitrogen and oxygen atoms in total. The summed E-state index contributed by atoms with van der Waals surface area (Å²) in [7, 11) is 0. The lowest BCUT2D eigenvalue weighted by atomic mass is 9.67. The predicted octanol–water partition coefficient (Wildman–Crippen LogP) is 10.5. The molecule has 4 heterocycles. The van der Waals surface area contributed by atoms with E-state index in [1.165, 1.54) is 45.1 Å². The molecule has 0 bridgehead atoms. The number of allylic oxidation sites excluding steroid dienone is 4. The Labute approximate surface area is 279 Å². The van der Waals surface area contributed by atoms with Gasteiger partial charge in [-0.3, -0.25) is 19.2 Å². The van der Waals surface area contributed by atoms with E-state index in [2.05, 4.69) is 12.1 Å². The second kappa shape index (κ2) is 9.48. The number of thiophene rings is 4. The zero-order valence-corrected chi connectivity index (χ0v) is 27.5. The van der Waals surface area contributed by atoms with E-state index in [-0.39, 0.29) is 34.1 Å². The molecule has 2 aromatic carbocycles. The molecule has 0 radical (unpaired) electrons. The van der Waals surface area contributed by atoms with Crippen LogP contribution in [0, 0.1) is 0 Å². The lowest BCUT2D eigenvalue weighted by Gasteiger charge is -2.36. The van der Waals surface area contributed by atoms with Crippen LogP contribution in [0.25, 0.3) is 40.4 Å². The van der Waals surface area contributed by atoms with E-state index < -0.39 is 0 Å². The average Bonchev–Trinajstić information content (AvgIpc) is 3.91. The molecule has 222 valence electrons. The minimum atomic E-state index is -0.198. The van der Waals surface area contributed by atoms with Crippen LogP contribution in [0.1, 0.15) is 88.9 Å². The third kappa shape index (κ3) is 3.47. The third-order valence-corrected chi connectivity index (χ3v) is 15.3. The predicted molar refractivity (Wildman–Crippen MR) is 189 cm³/mol. The molecule has 0 atom stereocenters. The lowest BCUT2D eigenvalue weighted by Crippen LogP contribution is -2.29. The minimum Gasteiger partial charge on any atom is -0.288 e. The van der Waals surface area contributed by atoms with E-state index in [4.69, 9.17) is 0 Å². The highest BCUT2D eigenvalue weighted by atomic mass is 32.1. The number of hydrogen-bond donors (Lipinski definition) is 0. The van der Waals surface area contributed by atoms with Gasteiger partial charge in [0.1, 0.15) is 0 Å². The van der Waals surface area contributed by atoms with Crippen molar-refractivity contribution in [3.05, 3.63) is 115 Å². The summed E-state index contributed by atoms with van der Waals surface area (Å²) >= 11 is 7.11. The van der Waals surface area contributed by atoms with Crippen LogP contribution in [0.3, 0.4) is 0 Å². The van der Waals surface area contributed by atoms with Crippen molar-refractivity contribution in [2.24, 2.45) is 0 Å². The summed E-state index contributed by atoms with van der Waals surface area (Å²) in [5.74, 6) is -0.730. The van der Waals surface area contributed by atoms with Crippen LogP contribution in [0.15, 0.2) is 77.4 Å². The first-order valence-electron chi connectivity index (χ1n) is 15.4. The van der Waals surface area contributed by atoms with Crippen LogP contribution >= 0.6 is 45.3 Å². The first-order chi connectivity index (χ1) is 22.4. The van der Waals surface area contributed by atoms with Gasteiger partial charge in [-0.05, 0) is 48.3 Å². The zero-order chi connectivity index (χ0) is 30.9. The van der Waals surface area contributed by atoms with Crippen molar-refractivity contribution in [1.29, 1.82) is 0 Å². The van der Waals surface area contributed by atoms with E-state index in [1.807, 2.05) is 40.9 Å². The van der Waals surface area contributed by atoms with E-state index in [0.29, 0.717) is 27.8 Å². The highest BCUT2D eigenvalue weighted by molar-refractivity contribution is 7.44. The fourth-order valence-electron chi connectivity index (χ4n) is 7.94. The Morgan fingerprint density at radius 2 is 1.11 bits per heavy atom. The fraction of sp³-hybridized carbons (Fsp3) is 0.158. The molecule has 10 rings (SSSR count). The van der Waals surface area contributed by atoms with E-state index >= 15 is 0 Å². The molecular weight excluding hydrogens is 649 g/mol. The number of fused-ring (bicyclic) bond motifs is 10. The fourth-order valence-corrected chi connectivity index (χ4v) is 13.9. The molecule has 6 aromatic rings. The SMILES string of the molecule is O=C1C(=CC2=Cc3sc4c(sc5c6sc(C=C7C(=O)c8ccccc8C7=O)cc6sc45)c3C23CCCCC3)C(=O)c2ccccc21. The Morgan fingerprint density at radius 1 is 0.565 bits per heavy atom. The van der Waals surface area contributed by atoms with Gasteiger partial charge in [0.25, 0.3) is 0 Å². The Morgan fingerprint density at radius 3 is 1.72 bits per heavy atom. The van der Waals surface area contributed by atoms with Gasteiger partial charge < -0.3 is 0 Å². The molecule has 46 heavy (non-hydrogen) atoms. The Kier molecular flexibility index (Phi) is 5.58. The number of carbonyl (C=O) groups is 4. The smallest absolute Gasteiger partial charge is 0.197 e. The van der Waals surface area contributed by atoms with Gasteiger partial charge in [0.05, 0.1) is 34.6 Å². The van der Waals surface area contributed by atoms with Crippen LogP contribution in [-0.4, -0.2) is 23.1 Å². The summed E-state index contributed by atoms with van der Waals surface area (Å²) in [6.45, 7) is 0. The van der Waals surface area contributed by atoms with Gasteiger partial charge >= 0.3 is 0 Å². The quantitative estimate of drug-likeness (QED) is 0.136. The Bertz CT molecular complexity index is 2460. The third-order valence-electron chi connectivity index (χ3n) is 10.1. The van der Waals surface area contributed by atoms with E-state index in [9.17, 15) is 19.2 Å². The maximum atomic E-state index is 13.4. The van der Waals surface area contributed by atoms with Gasteiger partial charge in [-0.15, -0.1) is 45.3 Å². The molecular formula is C38H22O4S4. The number of rotatable bonds is 2. The molecule has 1 spiro atoms. The highest BCUT2D eigenvalue weighted by Gasteiger charge is 2.46. The molecule has 1 fully saturated rings. The van der Waals surface area contributed by atoms with Crippen LogP contribution in [-0.2, 0) is 5.41 Å². The number of carbonyl (C=O) groups excluding carboxylic acids is 4. The Balaban J connectivity index is 1.08. The summed E-state index contributed by atoms with van der Waals surface area (Å²) < 4.78 is 7.59. The molecule has 4 aliphatic rings. The first-order valence-corrected chi connectivity index (χ1v) is 18.6. The zero-order valence-electron chi connectivity index (χ0n) is 24.2. The second-order valence-electron chi connectivity index (χ2n) is 12.5. The van der Waals surface area contributed by atoms with Gasteiger partial charge in [0, 0.05) is 42.1 Å². The van der Waals surface area contributed by atoms with Gasteiger partial charge in [-0.25, -0.2) is 0 Å². The molecule has 1 saturated carbocycles. The Hall–Kier alpha value is -4.08. The number of ketones is 4. The molecule has 0 aliphatic heterocycles. The molecule has 0 N–H and O–H groups in total. The van der Waals surface area contributed by atoms with Crippen molar-refractivity contribution in [3.8, 4) is 0 Å². The summed E-state index contributed by atoms with van der Waals surface area (Å²) in [5, 5.41) is 0. The first kappa shape index (κ1) is 27.1. The van der Waals surface area contributed by atoms with Crippen molar-refractivity contribution in [2.75, 3.05) is 0 Å². The summed E-state index contributed by atoms with van der Waals surface area (Å²) in [6, 6.07) is 16.3. The molecule has 0 unspecified atom stereocenters. The van der Waals surface area contributed by atoms with Gasteiger partial charge in [0.2, 0.25) is 0 Å². The molecule has 8 heteroatoms. The molecule has 4 aliphatic carbocycles. The van der Waals surface area contributed by atoms with Crippen molar-refractivity contribution >= 4 is 109 Å². The van der Waals surface area contributed by atoms with E-state index in [0.717, 1.165) is 36.1 Å². The second-order valence-corrected chi connectivity index (χ2v) is 16.7. The summed E-state index contributed by atoms with van der Waals surface area (Å²) in [6.07, 6.45) is 11.4. The normalized spacial score (nSPS) is 18.4. The summed E-state index contributed by atoms with van der Waals surface area (Å²) in [4.78, 5) is 54.9. The number of hydrogen-bond acceptors (Lipinski definition) is 8. The van der Waals surface area contributed by atoms with Crippen molar-refractivity contribution in [1.82, 2.24) is 0 Å². The van der Waals surface area contributed by atoms with E-state index in [1.54, 1.807) is 65.1 Å². The average molecular weight is 671 g/mol. The number of Topliss-reactive ketones (excluding diaryl/α,β-unsaturated/α-hetero) is 4. The molecule has 0 saturated heterocycles. The van der Waals surface area contributed by atoms with Crippen molar-refractivity contribution in [2.45, 2.75) is 37.5 Å². The van der Waals surface area contributed by atoms with Crippen molar-refractivity contribution in [3.63, 3.8) is 0 Å². The highest BCUT2D eigenvalue weighted by Crippen LogP contribution is 2.60. The number of benzene rings is 2. The van der Waals surface area contributed by atoms with Gasteiger partial charge in [-0.2, -0.15) is 0 Å². The van der Waals surface area contributed by atoms with Gasteiger partial charge in [-0.1, -0.05) is 67.8 Å². The molecule has 4 aromatic heterocycles. The van der Waals surface area contributed by atoms with Crippen LogP contribution < -0.4 is 0 Å². The standard InChI is InChI=1S/C38H22O4S4/c39-29-20-8-2-3-9-21(20)30(40)24(29)14-18-15-26-28(38(18)12-6-1-7-13-38)34-36(44-26)37-35(46-34)33-27(45-37)17-19(43-33)16-25-31(41)22-10-4-5-11-23(22)32(25)42/h2-5,8-11,14-17H,1,6-7,12-13H2. The molecule has 0 amide bonds. The van der Waals surface area contributed by atoms with Gasteiger partial charge in [0.15, 0.2) is 23.1 Å². The summed E-state index contributed by atoms with van der Waals surface area (Å²) in [5.41, 5.74) is 4.82. The maximum Gasteiger partial charge on any atom is 0.197 e. The topological polar surface area (TPSA) is 68.3 Å².